The zero-order valence-electron chi connectivity index (χ0n) is 12.0. The van der Waals surface area contributed by atoms with Crippen molar-refractivity contribution in [3.63, 3.8) is 0 Å². The summed E-state index contributed by atoms with van der Waals surface area (Å²) < 4.78 is 2.23. The van der Waals surface area contributed by atoms with E-state index in [2.05, 4.69) is 55.7 Å². The molecule has 1 N–H and O–H groups in total. The van der Waals surface area contributed by atoms with Gasteiger partial charge in [-0.1, -0.05) is 27.7 Å². The smallest absolute Gasteiger partial charge is 0.108 e. The number of nitrogens with one attached hydrogen (secondary N) is 1. The molecule has 17 heavy (non-hydrogen) atoms. The van der Waals surface area contributed by atoms with Crippen molar-refractivity contribution >= 4 is 0 Å². The molecule has 1 unspecified atom stereocenters. The summed E-state index contributed by atoms with van der Waals surface area (Å²) in [4.78, 5) is 4.44. The van der Waals surface area contributed by atoms with Crippen LogP contribution < -0.4 is 5.32 Å². The molecule has 1 heterocycles. The van der Waals surface area contributed by atoms with Gasteiger partial charge in [0.1, 0.15) is 5.82 Å². The second-order valence-electron chi connectivity index (χ2n) is 5.64. The second kappa shape index (κ2) is 6.20. The molecule has 98 valence electrons. The van der Waals surface area contributed by atoms with E-state index in [1.54, 1.807) is 0 Å². The quantitative estimate of drug-likeness (QED) is 0.824. The monoisotopic (exact) mass is 237 g/mol. The fraction of sp³-hybridized carbons (Fsp3) is 0.786. The lowest BCUT2D eigenvalue weighted by Gasteiger charge is -2.31. The molecule has 0 aliphatic carbocycles. The molecule has 0 aromatic carbocycles. The lowest BCUT2D eigenvalue weighted by Crippen LogP contribution is -2.40. The Balaban J connectivity index is 2.58. The number of aryl methyl sites for hydroxylation is 2. The Hall–Kier alpha value is -0.830. The van der Waals surface area contributed by atoms with Gasteiger partial charge in [0.25, 0.3) is 0 Å². The fourth-order valence-electron chi connectivity index (χ4n) is 2.22. The van der Waals surface area contributed by atoms with Crippen LogP contribution in [0.3, 0.4) is 0 Å². The van der Waals surface area contributed by atoms with Gasteiger partial charge in [-0.15, -0.1) is 0 Å². The van der Waals surface area contributed by atoms with Crippen molar-refractivity contribution < 1.29 is 0 Å². The number of nitrogens with zero attached hydrogens (tertiary/aromatic N) is 2. The van der Waals surface area contributed by atoms with Crippen molar-refractivity contribution in [1.29, 1.82) is 0 Å². The van der Waals surface area contributed by atoms with Crippen molar-refractivity contribution in [2.24, 2.45) is 5.41 Å². The van der Waals surface area contributed by atoms with E-state index >= 15 is 0 Å². The molecule has 0 saturated heterocycles. The third kappa shape index (κ3) is 4.15. The van der Waals surface area contributed by atoms with E-state index in [4.69, 9.17) is 0 Å². The summed E-state index contributed by atoms with van der Waals surface area (Å²) in [6, 6.07) is 0.550. The summed E-state index contributed by atoms with van der Waals surface area (Å²) in [5.74, 6) is 1.21. The molecule has 1 aromatic heterocycles. The topological polar surface area (TPSA) is 29.9 Å². The van der Waals surface area contributed by atoms with Gasteiger partial charge in [-0.25, -0.2) is 4.98 Å². The minimum absolute atomic E-state index is 0.305. The largest absolute Gasteiger partial charge is 0.335 e. The van der Waals surface area contributed by atoms with E-state index in [1.807, 2.05) is 6.20 Å². The molecular weight excluding hydrogens is 210 g/mol. The maximum Gasteiger partial charge on any atom is 0.108 e. The Bertz CT molecular complexity index is 322. The molecular formula is C14H27N3. The normalized spacial score (nSPS) is 13.9. The molecule has 1 aromatic rings. The number of aromatic nitrogens is 2. The molecule has 0 fully saturated rings. The van der Waals surface area contributed by atoms with E-state index < -0.39 is 0 Å². The first kappa shape index (κ1) is 14.2. The SMILES string of the molecule is CCNC(CCc1nccn1CC)C(C)(C)C. The maximum absolute atomic E-state index is 4.44. The summed E-state index contributed by atoms with van der Waals surface area (Å²) in [7, 11) is 0. The van der Waals surface area contributed by atoms with Gasteiger partial charge in [0.15, 0.2) is 0 Å². The van der Waals surface area contributed by atoms with Crippen LogP contribution >= 0.6 is 0 Å². The number of rotatable bonds is 6. The van der Waals surface area contributed by atoms with Crippen LogP contribution in [0.5, 0.6) is 0 Å². The highest BCUT2D eigenvalue weighted by Gasteiger charge is 2.23. The van der Waals surface area contributed by atoms with E-state index in [-0.39, 0.29) is 0 Å². The van der Waals surface area contributed by atoms with Gasteiger partial charge in [-0.3, -0.25) is 0 Å². The summed E-state index contributed by atoms with van der Waals surface area (Å²) in [5.41, 5.74) is 0.305. The number of hydrogen-bond donors (Lipinski definition) is 1. The summed E-state index contributed by atoms with van der Waals surface area (Å²) >= 11 is 0. The first-order chi connectivity index (χ1) is 7.99. The van der Waals surface area contributed by atoms with Crippen LogP contribution in [-0.4, -0.2) is 22.1 Å². The summed E-state index contributed by atoms with van der Waals surface area (Å²) in [6.45, 7) is 13.3. The van der Waals surface area contributed by atoms with E-state index in [1.165, 1.54) is 5.82 Å². The summed E-state index contributed by atoms with van der Waals surface area (Å²) in [5, 5.41) is 3.59. The molecule has 3 heteroatoms. The number of imidazole rings is 1. The predicted molar refractivity (Wildman–Crippen MR) is 73.1 cm³/mol. The third-order valence-corrected chi connectivity index (χ3v) is 3.29. The molecule has 1 rings (SSSR count). The van der Waals surface area contributed by atoms with Crippen LogP contribution in [0.15, 0.2) is 12.4 Å². The lowest BCUT2D eigenvalue weighted by molar-refractivity contribution is 0.257. The first-order valence-corrected chi connectivity index (χ1v) is 6.72. The Labute approximate surface area is 106 Å². The van der Waals surface area contributed by atoms with E-state index in [9.17, 15) is 0 Å². The maximum atomic E-state index is 4.44. The van der Waals surface area contributed by atoms with E-state index in [0.29, 0.717) is 11.5 Å². The van der Waals surface area contributed by atoms with Crippen LogP contribution in [0.25, 0.3) is 0 Å². The molecule has 0 radical (unpaired) electrons. The molecule has 0 spiro atoms. The molecule has 0 bridgehead atoms. The minimum Gasteiger partial charge on any atom is -0.335 e. The van der Waals surface area contributed by atoms with Gasteiger partial charge in [0, 0.05) is 31.4 Å². The third-order valence-electron chi connectivity index (χ3n) is 3.29. The predicted octanol–water partition coefficient (Wildman–Crippen LogP) is 2.86. The second-order valence-corrected chi connectivity index (χ2v) is 5.64. The number of hydrogen-bond acceptors (Lipinski definition) is 2. The standard InChI is InChI=1S/C14H27N3/c1-6-15-12(14(3,4)5)8-9-13-16-10-11-17(13)7-2/h10-12,15H,6-9H2,1-5H3. The Kier molecular flexibility index (Phi) is 5.19. The Morgan fingerprint density at radius 3 is 2.59 bits per heavy atom. The average molecular weight is 237 g/mol. The van der Waals surface area contributed by atoms with Gasteiger partial charge < -0.3 is 9.88 Å². The average Bonchev–Trinajstić information content (AvgIpc) is 2.69. The molecule has 3 nitrogen and oxygen atoms in total. The van der Waals surface area contributed by atoms with Crippen LogP contribution in [0, 0.1) is 5.41 Å². The van der Waals surface area contributed by atoms with Crippen molar-refractivity contribution in [2.45, 2.75) is 60.0 Å². The lowest BCUT2D eigenvalue weighted by atomic mass is 9.84. The zero-order chi connectivity index (χ0) is 12.9. The van der Waals surface area contributed by atoms with Crippen LogP contribution in [0.2, 0.25) is 0 Å². The molecule has 0 saturated carbocycles. The molecule has 0 aliphatic heterocycles. The van der Waals surface area contributed by atoms with Crippen LogP contribution in [-0.2, 0) is 13.0 Å². The molecule has 0 aliphatic rings. The highest BCUT2D eigenvalue weighted by molar-refractivity contribution is 4.94. The minimum atomic E-state index is 0.305. The van der Waals surface area contributed by atoms with Gasteiger partial charge in [0.2, 0.25) is 0 Å². The Morgan fingerprint density at radius 2 is 2.06 bits per heavy atom. The molecule has 0 amide bonds. The van der Waals surface area contributed by atoms with Crippen molar-refractivity contribution in [1.82, 2.24) is 14.9 Å². The highest BCUT2D eigenvalue weighted by atomic mass is 15.1. The van der Waals surface area contributed by atoms with Gasteiger partial charge in [-0.05, 0) is 25.3 Å². The van der Waals surface area contributed by atoms with Gasteiger partial charge in [-0.2, -0.15) is 0 Å². The first-order valence-electron chi connectivity index (χ1n) is 6.72. The van der Waals surface area contributed by atoms with Crippen LogP contribution in [0.4, 0.5) is 0 Å². The van der Waals surface area contributed by atoms with Gasteiger partial charge >= 0.3 is 0 Å². The Morgan fingerprint density at radius 1 is 1.35 bits per heavy atom. The van der Waals surface area contributed by atoms with Crippen molar-refractivity contribution in [3.8, 4) is 0 Å². The van der Waals surface area contributed by atoms with Crippen LogP contribution in [0.1, 0.15) is 46.9 Å². The molecule has 1 atom stereocenters. The highest BCUT2D eigenvalue weighted by Crippen LogP contribution is 2.23. The fourth-order valence-corrected chi connectivity index (χ4v) is 2.22. The van der Waals surface area contributed by atoms with E-state index in [0.717, 1.165) is 25.9 Å². The zero-order valence-corrected chi connectivity index (χ0v) is 12.0. The van der Waals surface area contributed by atoms with Crippen molar-refractivity contribution in [3.05, 3.63) is 18.2 Å². The van der Waals surface area contributed by atoms with Gasteiger partial charge in [0.05, 0.1) is 0 Å². The summed E-state index contributed by atoms with van der Waals surface area (Å²) in [6.07, 6.45) is 6.16. The van der Waals surface area contributed by atoms with Crippen molar-refractivity contribution in [2.75, 3.05) is 6.54 Å².